The third kappa shape index (κ3) is 5.36. The molecule has 1 aliphatic rings. The van der Waals surface area contributed by atoms with Crippen LogP contribution in [0.5, 0.6) is 0 Å². The van der Waals surface area contributed by atoms with Crippen LogP contribution in [0.15, 0.2) is 23.4 Å². The lowest BCUT2D eigenvalue weighted by Crippen LogP contribution is -2.46. The Hall–Kier alpha value is -1.46. The van der Waals surface area contributed by atoms with Crippen molar-refractivity contribution in [1.82, 2.24) is 5.32 Å². The van der Waals surface area contributed by atoms with Crippen LogP contribution in [0, 0.1) is 0 Å². The first kappa shape index (κ1) is 15.6. The van der Waals surface area contributed by atoms with Crippen LogP contribution in [0.3, 0.4) is 0 Å². The van der Waals surface area contributed by atoms with E-state index in [4.69, 9.17) is 28.4 Å². The highest BCUT2D eigenvalue weighted by molar-refractivity contribution is 6.38. The van der Waals surface area contributed by atoms with E-state index in [2.05, 4.69) is 10.5 Å². The van der Waals surface area contributed by atoms with Gasteiger partial charge in [0.05, 0.1) is 16.3 Å². The molecule has 0 spiro atoms. The van der Waals surface area contributed by atoms with Crippen molar-refractivity contribution in [2.75, 3.05) is 0 Å². The zero-order valence-corrected chi connectivity index (χ0v) is 11.5. The molecular formula is C12H13Cl2N2O3-. The maximum atomic E-state index is 9.78. The van der Waals surface area contributed by atoms with Crippen LogP contribution in [0.25, 0.3) is 0 Å². The molecule has 1 fully saturated rings. The van der Waals surface area contributed by atoms with Gasteiger partial charge in [-0.3, -0.25) is 0 Å². The van der Waals surface area contributed by atoms with Crippen LogP contribution in [0.1, 0.15) is 24.8 Å². The van der Waals surface area contributed by atoms with Gasteiger partial charge in [0.2, 0.25) is 0 Å². The molecule has 1 aromatic rings. The van der Waals surface area contributed by atoms with Crippen molar-refractivity contribution in [2.45, 2.75) is 25.3 Å². The molecule has 0 aliphatic heterocycles. The van der Waals surface area contributed by atoms with Gasteiger partial charge in [0.1, 0.15) is 6.09 Å². The van der Waals surface area contributed by atoms with E-state index in [1.165, 1.54) is 6.21 Å². The second kappa shape index (κ2) is 7.86. The van der Waals surface area contributed by atoms with E-state index in [-0.39, 0.29) is 6.04 Å². The molecular weight excluding hydrogens is 291 g/mol. The molecule has 1 aromatic carbocycles. The largest absolute Gasteiger partial charge is 0.530 e. The lowest BCUT2D eigenvalue weighted by molar-refractivity contribution is -0.252. The Bertz CT molecular complexity index is 442. The first-order valence-corrected chi connectivity index (χ1v) is 6.39. The van der Waals surface area contributed by atoms with Crippen LogP contribution in [-0.4, -0.2) is 23.6 Å². The molecule has 1 aliphatic carbocycles. The van der Waals surface area contributed by atoms with Gasteiger partial charge >= 0.3 is 0 Å². The zero-order valence-electron chi connectivity index (χ0n) is 9.97. The quantitative estimate of drug-likeness (QED) is 0.499. The van der Waals surface area contributed by atoms with Crippen molar-refractivity contribution >= 4 is 35.5 Å². The summed E-state index contributed by atoms with van der Waals surface area (Å²) in [5, 5.41) is 24.1. The van der Waals surface area contributed by atoms with Crippen LogP contribution in [-0.2, 0) is 0 Å². The van der Waals surface area contributed by atoms with Gasteiger partial charge in [0.15, 0.2) is 0 Å². The van der Waals surface area contributed by atoms with Crippen molar-refractivity contribution in [2.24, 2.45) is 5.16 Å². The minimum Gasteiger partial charge on any atom is -0.530 e. The Balaban J connectivity index is 0.000000200. The highest BCUT2D eigenvalue weighted by atomic mass is 35.5. The number of carbonyl (C=O) groups is 1. The minimum atomic E-state index is -1.14. The van der Waals surface area contributed by atoms with E-state index in [9.17, 15) is 9.90 Å². The first-order chi connectivity index (χ1) is 9.04. The zero-order chi connectivity index (χ0) is 14.3. The number of carboxylic acid groups (broad SMARTS) is 1. The molecule has 1 saturated carbocycles. The predicted octanol–water partition coefficient (Wildman–Crippen LogP) is 2.27. The van der Waals surface area contributed by atoms with Gasteiger partial charge in [0, 0.05) is 11.6 Å². The normalized spacial score (nSPS) is 14.4. The molecule has 1 amide bonds. The molecule has 0 heterocycles. The molecule has 0 saturated heterocycles. The van der Waals surface area contributed by atoms with Crippen molar-refractivity contribution in [3.05, 3.63) is 33.8 Å². The summed E-state index contributed by atoms with van der Waals surface area (Å²) >= 11 is 11.4. The number of rotatable bonds is 2. The van der Waals surface area contributed by atoms with Gasteiger partial charge in [0.25, 0.3) is 0 Å². The average molecular weight is 304 g/mol. The fourth-order valence-corrected chi connectivity index (χ4v) is 1.91. The fourth-order valence-electron chi connectivity index (χ4n) is 1.41. The van der Waals surface area contributed by atoms with Crippen LogP contribution in [0.2, 0.25) is 10.0 Å². The van der Waals surface area contributed by atoms with Crippen molar-refractivity contribution in [3.63, 3.8) is 0 Å². The Labute approximate surface area is 120 Å². The van der Waals surface area contributed by atoms with Gasteiger partial charge < -0.3 is 20.4 Å². The molecule has 7 heteroatoms. The molecule has 0 atom stereocenters. The molecule has 2 rings (SSSR count). The predicted molar refractivity (Wildman–Crippen MR) is 72.0 cm³/mol. The number of carbonyl (C=O) groups excluding carboxylic acids is 1. The van der Waals surface area contributed by atoms with Gasteiger partial charge in [-0.25, -0.2) is 0 Å². The molecule has 0 bridgehead atoms. The van der Waals surface area contributed by atoms with E-state index in [0.717, 1.165) is 19.3 Å². The fraction of sp³-hybridized carbons (Fsp3) is 0.333. The number of halogens is 2. The van der Waals surface area contributed by atoms with Crippen LogP contribution >= 0.6 is 23.2 Å². The number of nitrogens with zero attached hydrogens (tertiary/aromatic N) is 1. The highest BCUT2D eigenvalue weighted by Gasteiger charge is 2.15. The molecule has 19 heavy (non-hydrogen) atoms. The Morgan fingerprint density at radius 1 is 1.42 bits per heavy atom. The van der Waals surface area contributed by atoms with Crippen molar-refractivity contribution < 1.29 is 15.1 Å². The first-order valence-electron chi connectivity index (χ1n) is 5.63. The third-order valence-electron chi connectivity index (χ3n) is 2.61. The van der Waals surface area contributed by atoms with Crippen LogP contribution in [0.4, 0.5) is 4.79 Å². The van der Waals surface area contributed by atoms with E-state index in [1.54, 1.807) is 18.2 Å². The number of amides is 1. The maximum absolute atomic E-state index is 9.78. The summed E-state index contributed by atoms with van der Waals surface area (Å²) in [6.07, 6.45) is 3.16. The Kier molecular flexibility index (Phi) is 6.45. The second-order valence-corrected chi connectivity index (χ2v) is 4.75. The Morgan fingerprint density at radius 2 is 2.00 bits per heavy atom. The van der Waals surface area contributed by atoms with E-state index in [0.29, 0.717) is 15.6 Å². The summed E-state index contributed by atoms with van der Waals surface area (Å²) in [6, 6.07) is 5.26. The number of hydrogen-bond donors (Lipinski definition) is 2. The number of hydrogen-bond acceptors (Lipinski definition) is 4. The van der Waals surface area contributed by atoms with Crippen molar-refractivity contribution in [1.29, 1.82) is 0 Å². The summed E-state index contributed by atoms with van der Waals surface area (Å²) in [6.45, 7) is 0. The summed E-state index contributed by atoms with van der Waals surface area (Å²) < 4.78 is 0. The smallest absolute Gasteiger partial charge is 0.134 e. The summed E-state index contributed by atoms with van der Waals surface area (Å²) in [7, 11) is 0. The summed E-state index contributed by atoms with van der Waals surface area (Å²) in [5.41, 5.74) is 0.526. The molecule has 5 nitrogen and oxygen atoms in total. The average Bonchev–Trinajstić information content (AvgIpc) is 2.30. The van der Waals surface area contributed by atoms with Gasteiger partial charge in [-0.15, -0.1) is 0 Å². The van der Waals surface area contributed by atoms with Gasteiger partial charge in [-0.2, -0.15) is 0 Å². The summed E-state index contributed by atoms with van der Waals surface area (Å²) in [5.74, 6) is 0. The molecule has 0 aromatic heterocycles. The maximum Gasteiger partial charge on any atom is 0.134 e. The summed E-state index contributed by atoms with van der Waals surface area (Å²) in [4.78, 5) is 9.78. The highest BCUT2D eigenvalue weighted by Crippen LogP contribution is 2.21. The van der Waals surface area contributed by atoms with Crippen molar-refractivity contribution in [3.8, 4) is 0 Å². The van der Waals surface area contributed by atoms with Gasteiger partial charge in [-0.1, -0.05) is 34.4 Å². The molecule has 104 valence electrons. The lowest BCUT2D eigenvalue weighted by atomic mass is 9.93. The standard InChI is InChI=1S/C7H5Cl2NO.C5H9NO2/c8-6-2-1-3-7(9)5(6)4-10-11;7-5(8)6-4-2-1-3-4/h1-4,11H;4,6H,1-3H2,(H,7,8)/p-1/b10-4+;. The SMILES string of the molecule is O/N=C/c1c(Cl)cccc1Cl.O=C([O-])NC1CCC1. The molecule has 0 radical (unpaired) electrons. The third-order valence-corrected chi connectivity index (χ3v) is 3.27. The van der Waals surface area contributed by atoms with Gasteiger partial charge in [-0.05, 0) is 31.4 Å². The van der Waals surface area contributed by atoms with E-state index in [1.807, 2.05) is 0 Å². The molecule has 0 unspecified atom stereocenters. The minimum absolute atomic E-state index is 0.194. The number of nitrogens with one attached hydrogen (secondary N) is 1. The monoisotopic (exact) mass is 303 g/mol. The molecule has 2 N–H and O–H groups in total. The number of benzene rings is 1. The van der Waals surface area contributed by atoms with Crippen LogP contribution < -0.4 is 10.4 Å². The lowest BCUT2D eigenvalue weighted by Gasteiger charge is -2.27. The second-order valence-electron chi connectivity index (χ2n) is 3.94. The Morgan fingerprint density at radius 3 is 2.32 bits per heavy atom. The van der Waals surface area contributed by atoms with E-state index < -0.39 is 6.09 Å². The van der Waals surface area contributed by atoms with E-state index >= 15 is 0 Å². The number of oxime groups is 1. The topological polar surface area (TPSA) is 84.8 Å².